The molecule has 1 aliphatic rings. The van der Waals surface area contributed by atoms with E-state index in [1.165, 1.54) is 32.9 Å². The number of hydrogen-bond donors (Lipinski definition) is 1. The Bertz CT molecular complexity index is 255. The molecule has 4 heteroatoms. The normalized spacial score (nSPS) is 17.3. The zero-order chi connectivity index (χ0) is 14.1. The smallest absolute Gasteiger partial charge is 0.322 e. The fourth-order valence-electron chi connectivity index (χ4n) is 2.49. The van der Waals surface area contributed by atoms with Gasteiger partial charge in [0.1, 0.15) is 6.04 Å². The summed E-state index contributed by atoms with van der Waals surface area (Å²) in [5.74, 6) is 0.758. The summed E-state index contributed by atoms with van der Waals surface area (Å²) in [7, 11) is 1.47. The second kappa shape index (κ2) is 9.32. The lowest BCUT2D eigenvalue weighted by molar-refractivity contribution is -0.143. The third-order valence-corrected chi connectivity index (χ3v) is 4.05. The maximum absolute atomic E-state index is 11.7. The van der Waals surface area contributed by atoms with Crippen molar-refractivity contribution in [3.8, 4) is 0 Å². The van der Waals surface area contributed by atoms with Gasteiger partial charge in [-0.25, -0.2) is 0 Å². The Morgan fingerprint density at radius 2 is 2.16 bits per heavy atom. The third kappa shape index (κ3) is 5.91. The van der Waals surface area contributed by atoms with Crippen molar-refractivity contribution in [3.63, 3.8) is 0 Å². The van der Waals surface area contributed by atoms with Crippen LogP contribution in [0.1, 0.15) is 46.0 Å². The number of nitrogens with zero attached hydrogens (tertiary/aromatic N) is 1. The average molecular weight is 270 g/mol. The van der Waals surface area contributed by atoms with Crippen LogP contribution in [0.5, 0.6) is 0 Å². The first kappa shape index (κ1) is 16.4. The van der Waals surface area contributed by atoms with Gasteiger partial charge in [-0.15, -0.1) is 0 Å². The summed E-state index contributed by atoms with van der Waals surface area (Å²) in [4.78, 5) is 14.2. The van der Waals surface area contributed by atoms with Crippen LogP contribution in [-0.2, 0) is 9.53 Å². The van der Waals surface area contributed by atoms with Crippen LogP contribution in [0.4, 0.5) is 0 Å². The van der Waals surface area contributed by atoms with E-state index in [1.807, 2.05) is 0 Å². The Kier molecular flexibility index (Phi) is 8.07. The molecule has 0 bridgehead atoms. The maximum atomic E-state index is 11.7. The van der Waals surface area contributed by atoms with E-state index in [2.05, 4.69) is 24.1 Å². The highest BCUT2D eigenvalue weighted by molar-refractivity contribution is 5.75. The molecule has 0 aromatic carbocycles. The lowest BCUT2D eigenvalue weighted by atomic mass is 9.85. The molecule has 0 aliphatic heterocycles. The Balaban J connectivity index is 2.32. The van der Waals surface area contributed by atoms with E-state index in [-0.39, 0.29) is 12.0 Å². The number of carbonyl (C=O) groups is 1. The van der Waals surface area contributed by atoms with Crippen molar-refractivity contribution in [3.05, 3.63) is 0 Å². The predicted octanol–water partition coefficient (Wildman–Crippen LogP) is 2.04. The lowest BCUT2D eigenvalue weighted by Gasteiger charge is -2.32. The van der Waals surface area contributed by atoms with Crippen LogP contribution in [0.15, 0.2) is 0 Å². The first-order chi connectivity index (χ1) is 9.21. The fraction of sp³-hybridized carbons (Fsp3) is 0.933. The van der Waals surface area contributed by atoms with Crippen LogP contribution >= 0.6 is 0 Å². The summed E-state index contributed by atoms with van der Waals surface area (Å²) in [5.41, 5.74) is 0. The molecule has 0 aromatic heterocycles. The average Bonchev–Trinajstić information content (AvgIpc) is 2.39. The van der Waals surface area contributed by atoms with Crippen LogP contribution in [0.25, 0.3) is 0 Å². The van der Waals surface area contributed by atoms with Crippen LogP contribution in [0, 0.1) is 5.92 Å². The van der Waals surface area contributed by atoms with Crippen LogP contribution in [-0.4, -0.2) is 50.2 Å². The number of carbonyl (C=O) groups excluding carboxylic acids is 1. The molecule has 1 saturated carbocycles. The summed E-state index contributed by atoms with van der Waals surface area (Å²) in [6, 6.07) is -0.152. The Labute approximate surface area is 117 Å². The van der Waals surface area contributed by atoms with E-state index in [9.17, 15) is 4.79 Å². The van der Waals surface area contributed by atoms with E-state index in [0.717, 1.165) is 38.4 Å². The number of ether oxygens (including phenoxy) is 1. The van der Waals surface area contributed by atoms with Gasteiger partial charge in [0.25, 0.3) is 0 Å². The number of hydrogen-bond acceptors (Lipinski definition) is 4. The number of methoxy groups -OCH3 is 1. The monoisotopic (exact) mass is 270 g/mol. The number of rotatable bonds is 10. The minimum Gasteiger partial charge on any atom is -0.468 e. The molecule has 0 amide bonds. The molecule has 0 aromatic rings. The van der Waals surface area contributed by atoms with Crippen molar-refractivity contribution in [2.75, 3.05) is 33.3 Å². The van der Waals surface area contributed by atoms with E-state index in [4.69, 9.17) is 4.74 Å². The summed E-state index contributed by atoms with van der Waals surface area (Å²) in [6.07, 6.45) is 6.03. The summed E-state index contributed by atoms with van der Waals surface area (Å²) < 4.78 is 4.87. The van der Waals surface area contributed by atoms with Gasteiger partial charge in [0, 0.05) is 13.1 Å². The van der Waals surface area contributed by atoms with Gasteiger partial charge in [0.2, 0.25) is 0 Å². The maximum Gasteiger partial charge on any atom is 0.322 e. The molecule has 0 heterocycles. The molecule has 1 rings (SSSR count). The van der Waals surface area contributed by atoms with E-state index in [0.29, 0.717) is 0 Å². The molecule has 0 saturated heterocycles. The second-order valence-electron chi connectivity index (χ2n) is 5.51. The molecule has 4 nitrogen and oxygen atoms in total. The molecule has 1 unspecified atom stereocenters. The van der Waals surface area contributed by atoms with Crippen LogP contribution in [0.3, 0.4) is 0 Å². The van der Waals surface area contributed by atoms with Gasteiger partial charge in [0.15, 0.2) is 0 Å². The summed E-state index contributed by atoms with van der Waals surface area (Å²) in [6.45, 7) is 8.41. The highest BCUT2D eigenvalue weighted by Crippen LogP contribution is 2.27. The number of esters is 1. The van der Waals surface area contributed by atoms with Gasteiger partial charge in [0.05, 0.1) is 7.11 Å². The highest BCUT2D eigenvalue weighted by atomic mass is 16.5. The Hall–Kier alpha value is -0.610. The quantitative estimate of drug-likeness (QED) is 0.617. The van der Waals surface area contributed by atoms with E-state index >= 15 is 0 Å². The van der Waals surface area contributed by atoms with Gasteiger partial charge in [-0.3, -0.25) is 4.79 Å². The standard InChI is InChI=1S/C15H30N2O2/c1-4-10-16-14(15(18)19-3)9-11-17(5-2)12-13-7-6-8-13/h13-14,16H,4-12H2,1-3H3. The predicted molar refractivity (Wildman–Crippen MR) is 78.2 cm³/mol. The van der Waals surface area contributed by atoms with Crippen molar-refractivity contribution in [1.82, 2.24) is 10.2 Å². The zero-order valence-corrected chi connectivity index (χ0v) is 12.8. The lowest BCUT2D eigenvalue weighted by Crippen LogP contribution is -2.42. The topological polar surface area (TPSA) is 41.6 Å². The largest absolute Gasteiger partial charge is 0.468 e. The van der Waals surface area contributed by atoms with Crippen molar-refractivity contribution < 1.29 is 9.53 Å². The molecule has 1 atom stereocenters. The van der Waals surface area contributed by atoms with Gasteiger partial charge >= 0.3 is 5.97 Å². The SMILES string of the molecule is CCCNC(CCN(CC)CC1CCC1)C(=O)OC. The minimum absolute atomic E-state index is 0.131. The van der Waals surface area contributed by atoms with Crippen LogP contribution in [0.2, 0.25) is 0 Å². The minimum atomic E-state index is -0.152. The van der Waals surface area contributed by atoms with Gasteiger partial charge in [-0.1, -0.05) is 20.3 Å². The highest BCUT2D eigenvalue weighted by Gasteiger charge is 2.22. The molecule has 0 radical (unpaired) electrons. The fourth-order valence-corrected chi connectivity index (χ4v) is 2.49. The van der Waals surface area contributed by atoms with Gasteiger partial charge in [-0.2, -0.15) is 0 Å². The second-order valence-corrected chi connectivity index (χ2v) is 5.51. The first-order valence-electron chi connectivity index (χ1n) is 7.74. The molecule has 1 N–H and O–H groups in total. The van der Waals surface area contributed by atoms with Crippen molar-refractivity contribution in [2.24, 2.45) is 5.92 Å². The van der Waals surface area contributed by atoms with E-state index < -0.39 is 0 Å². The molecule has 19 heavy (non-hydrogen) atoms. The Morgan fingerprint density at radius 1 is 1.42 bits per heavy atom. The van der Waals surface area contributed by atoms with Crippen molar-refractivity contribution >= 4 is 5.97 Å². The Morgan fingerprint density at radius 3 is 2.63 bits per heavy atom. The molecular weight excluding hydrogens is 240 g/mol. The van der Waals surface area contributed by atoms with E-state index in [1.54, 1.807) is 0 Å². The summed E-state index contributed by atoms with van der Waals surface area (Å²) in [5, 5.41) is 3.28. The van der Waals surface area contributed by atoms with Crippen molar-refractivity contribution in [1.29, 1.82) is 0 Å². The molecule has 0 spiro atoms. The molecular formula is C15H30N2O2. The first-order valence-corrected chi connectivity index (χ1v) is 7.74. The summed E-state index contributed by atoms with van der Waals surface area (Å²) >= 11 is 0. The van der Waals surface area contributed by atoms with Crippen molar-refractivity contribution in [2.45, 2.75) is 52.0 Å². The van der Waals surface area contributed by atoms with Crippen LogP contribution < -0.4 is 5.32 Å². The van der Waals surface area contributed by atoms with Gasteiger partial charge in [-0.05, 0) is 44.7 Å². The molecule has 112 valence electrons. The van der Waals surface area contributed by atoms with Gasteiger partial charge < -0.3 is 15.0 Å². The molecule has 1 fully saturated rings. The number of nitrogens with one attached hydrogen (secondary N) is 1. The third-order valence-electron chi connectivity index (χ3n) is 4.05. The zero-order valence-electron chi connectivity index (χ0n) is 12.8. The molecule has 1 aliphatic carbocycles.